The molecule has 1 heterocycles. The van der Waals surface area contributed by atoms with Gasteiger partial charge in [0.15, 0.2) is 5.78 Å². The van der Waals surface area contributed by atoms with E-state index in [0.29, 0.717) is 13.2 Å². The van der Waals surface area contributed by atoms with Gasteiger partial charge < -0.3 is 10.5 Å². The number of hydrogen-bond donors (Lipinski definition) is 1. The Morgan fingerprint density at radius 1 is 1.62 bits per heavy atom. The third-order valence-corrected chi connectivity index (χ3v) is 1.49. The van der Waals surface area contributed by atoms with Crippen LogP contribution in [0.3, 0.4) is 0 Å². The van der Waals surface area contributed by atoms with Crippen molar-refractivity contribution in [3.63, 3.8) is 0 Å². The molecule has 0 aromatic carbocycles. The molecule has 0 aliphatic carbocycles. The zero-order chi connectivity index (χ0) is 9.56. The highest BCUT2D eigenvalue weighted by Gasteiger charge is 2.10. The van der Waals surface area contributed by atoms with Gasteiger partial charge in [-0.1, -0.05) is 6.92 Å². The van der Waals surface area contributed by atoms with Crippen LogP contribution in [0.5, 0.6) is 0 Å². The van der Waals surface area contributed by atoms with Crippen LogP contribution in [0, 0.1) is 0 Å². The second-order valence-corrected chi connectivity index (χ2v) is 2.66. The second-order valence-electron chi connectivity index (χ2n) is 2.66. The van der Waals surface area contributed by atoms with E-state index in [4.69, 9.17) is 5.73 Å². The van der Waals surface area contributed by atoms with E-state index >= 15 is 0 Å². The van der Waals surface area contributed by atoms with E-state index in [-0.39, 0.29) is 30.0 Å². The maximum absolute atomic E-state index is 10.2. The molecule has 0 bridgehead atoms. The number of nitrogens with two attached hydrogens (primary N) is 1. The molecule has 0 amide bonds. The van der Waals surface area contributed by atoms with Crippen LogP contribution < -0.4 is 5.73 Å². The molecule has 78 valence electrons. The van der Waals surface area contributed by atoms with Gasteiger partial charge in [0.2, 0.25) is 0 Å². The van der Waals surface area contributed by atoms with Gasteiger partial charge in [-0.3, -0.25) is 9.59 Å². The molecule has 1 aliphatic heterocycles. The molecule has 1 atom stereocenters. The minimum Gasteiger partial charge on any atom is -0.366 e. The highest BCUT2D eigenvalue weighted by atomic mass is 35.5. The fourth-order valence-electron chi connectivity index (χ4n) is 0.473. The minimum atomic E-state index is -0.236. The Morgan fingerprint density at radius 2 is 2.00 bits per heavy atom. The molecule has 2 N–H and O–H groups in total. The lowest BCUT2D eigenvalue weighted by molar-refractivity contribution is -0.140. The van der Waals surface area contributed by atoms with Crippen LogP contribution >= 0.6 is 12.4 Å². The summed E-state index contributed by atoms with van der Waals surface area (Å²) in [5.74, 6) is 0.285. The van der Waals surface area contributed by atoms with Crippen LogP contribution in [0.2, 0.25) is 0 Å². The molecule has 13 heavy (non-hydrogen) atoms. The number of halogens is 1. The molecule has 4 nitrogen and oxygen atoms in total. The van der Waals surface area contributed by atoms with Crippen LogP contribution in [0.1, 0.15) is 20.3 Å². The quantitative estimate of drug-likeness (QED) is 0.711. The van der Waals surface area contributed by atoms with Crippen molar-refractivity contribution in [3.05, 3.63) is 0 Å². The monoisotopic (exact) mass is 209 g/mol. The molecule has 0 aromatic heterocycles. The van der Waals surface area contributed by atoms with E-state index in [1.54, 1.807) is 0 Å². The van der Waals surface area contributed by atoms with Crippen LogP contribution in [0.15, 0.2) is 0 Å². The van der Waals surface area contributed by atoms with Crippen molar-refractivity contribution in [1.82, 2.24) is 0 Å². The maximum atomic E-state index is 10.2. The summed E-state index contributed by atoms with van der Waals surface area (Å²) in [6.45, 7) is 4.10. The van der Waals surface area contributed by atoms with Gasteiger partial charge in [-0.05, 0) is 13.3 Å². The van der Waals surface area contributed by atoms with Crippen molar-refractivity contribution in [2.24, 2.45) is 5.73 Å². The Morgan fingerprint density at radius 3 is 2.00 bits per heavy atom. The first-order valence-electron chi connectivity index (χ1n) is 3.93. The number of hydrogen-bond acceptors (Lipinski definition) is 4. The Labute approximate surface area is 84.2 Å². The van der Waals surface area contributed by atoms with Crippen molar-refractivity contribution in [3.8, 4) is 0 Å². The molecule has 1 aliphatic rings. The largest absolute Gasteiger partial charge is 0.366 e. The van der Waals surface area contributed by atoms with Gasteiger partial charge in [-0.25, -0.2) is 0 Å². The average Bonchev–Trinajstić information content (AvgIpc) is 2.00. The summed E-state index contributed by atoms with van der Waals surface area (Å²) in [7, 11) is 0. The minimum absolute atomic E-state index is 0. The number of ether oxygens (including phenoxy) is 1. The molecule has 1 fully saturated rings. The summed E-state index contributed by atoms with van der Waals surface area (Å²) in [6.07, 6.45) is 0.745. The van der Waals surface area contributed by atoms with E-state index in [1.807, 2.05) is 6.92 Å². The van der Waals surface area contributed by atoms with E-state index in [9.17, 15) is 9.59 Å². The molecular weight excluding hydrogens is 194 g/mol. The number of carbonyl (C=O) groups is 2. The number of Topliss-reactive ketones (excluding diaryl/α,β-unsaturated/α-hetero) is 2. The van der Waals surface area contributed by atoms with Crippen molar-refractivity contribution in [2.75, 3.05) is 13.2 Å². The molecule has 0 saturated carbocycles. The molecule has 5 heteroatoms. The number of carbonyl (C=O) groups excluding carboxylic acids is 2. The van der Waals surface area contributed by atoms with Crippen LogP contribution in [0.25, 0.3) is 0 Å². The fourth-order valence-corrected chi connectivity index (χ4v) is 0.473. The van der Waals surface area contributed by atoms with Gasteiger partial charge in [0.05, 0.1) is 6.04 Å². The van der Waals surface area contributed by atoms with Gasteiger partial charge in [0, 0.05) is 0 Å². The standard InChI is InChI=1S/C5H11NO.C3H4O2.ClH/c1-3-5(6)4(2)7;4-3-1-5-2-3;/h5H,3,6H2,1-2H3;1-2H2;1H/t5-;;/m1../s1. The Bertz CT molecular complexity index is 167. The Balaban J connectivity index is 0. The zero-order valence-electron chi connectivity index (χ0n) is 7.91. The van der Waals surface area contributed by atoms with Gasteiger partial charge in [0.1, 0.15) is 19.0 Å². The first-order valence-corrected chi connectivity index (χ1v) is 3.93. The number of ketones is 2. The molecular formula is C8H16ClNO3. The second kappa shape index (κ2) is 8.16. The first-order chi connectivity index (χ1) is 5.57. The topological polar surface area (TPSA) is 69.4 Å². The lowest BCUT2D eigenvalue weighted by atomic mass is 10.2. The van der Waals surface area contributed by atoms with E-state index < -0.39 is 0 Å². The highest BCUT2D eigenvalue weighted by molar-refractivity contribution is 5.85. The number of rotatable bonds is 2. The summed E-state index contributed by atoms with van der Waals surface area (Å²) >= 11 is 0. The van der Waals surface area contributed by atoms with Crippen molar-refractivity contribution < 1.29 is 14.3 Å². The van der Waals surface area contributed by atoms with Crippen LogP contribution in [-0.2, 0) is 14.3 Å². The molecule has 1 saturated heterocycles. The lowest BCUT2D eigenvalue weighted by Crippen LogP contribution is -2.26. The highest BCUT2D eigenvalue weighted by Crippen LogP contribution is 1.88. The Hall–Kier alpha value is -0.450. The molecule has 1 rings (SSSR count). The lowest BCUT2D eigenvalue weighted by Gasteiger charge is -2.07. The van der Waals surface area contributed by atoms with E-state index in [0.717, 1.165) is 6.42 Å². The van der Waals surface area contributed by atoms with Gasteiger partial charge in [-0.2, -0.15) is 0 Å². The summed E-state index contributed by atoms with van der Waals surface area (Å²) in [5.41, 5.74) is 5.27. The normalized spacial score (nSPS) is 15.8. The van der Waals surface area contributed by atoms with E-state index in [1.165, 1.54) is 6.92 Å². The average molecular weight is 210 g/mol. The van der Waals surface area contributed by atoms with Crippen molar-refractivity contribution in [1.29, 1.82) is 0 Å². The van der Waals surface area contributed by atoms with Gasteiger partial charge in [0.25, 0.3) is 0 Å². The Kier molecular flexibility index (Phi) is 9.44. The SMILES string of the molecule is CC[C@@H](N)C(C)=O.Cl.O=C1COC1. The van der Waals surface area contributed by atoms with Gasteiger partial charge in [-0.15, -0.1) is 12.4 Å². The van der Waals surface area contributed by atoms with Crippen LogP contribution in [-0.4, -0.2) is 30.8 Å². The molecule has 0 aromatic rings. The summed E-state index contributed by atoms with van der Waals surface area (Å²) in [4.78, 5) is 20.0. The molecule has 0 radical (unpaired) electrons. The molecule has 0 unspecified atom stereocenters. The summed E-state index contributed by atoms with van der Waals surface area (Å²) in [5, 5.41) is 0. The van der Waals surface area contributed by atoms with Gasteiger partial charge >= 0.3 is 0 Å². The third-order valence-electron chi connectivity index (χ3n) is 1.49. The zero-order valence-corrected chi connectivity index (χ0v) is 8.73. The summed E-state index contributed by atoms with van der Waals surface area (Å²) < 4.78 is 4.48. The predicted octanol–water partition coefficient (Wildman–Crippen LogP) is 0.320. The van der Waals surface area contributed by atoms with Crippen molar-refractivity contribution >= 4 is 24.0 Å². The third kappa shape index (κ3) is 7.90. The predicted molar refractivity (Wildman–Crippen MR) is 52.0 cm³/mol. The summed E-state index contributed by atoms with van der Waals surface area (Å²) in [6, 6.07) is -0.236. The maximum Gasteiger partial charge on any atom is 0.184 e. The van der Waals surface area contributed by atoms with Crippen molar-refractivity contribution in [2.45, 2.75) is 26.3 Å². The molecule has 0 spiro atoms. The first kappa shape index (κ1) is 15.0. The van der Waals surface area contributed by atoms with Crippen LogP contribution in [0.4, 0.5) is 0 Å². The fraction of sp³-hybridized carbons (Fsp3) is 0.750. The van der Waals surface area contributed by atoms with E-state index in [2.05, 4.69) is 4.74 Å². The smallest absolute Gasteiger partial charge is 0.184 e.